The SMILES string of the molecule is CCCCCCC#CP(CC)CC. The number of unbranched alkanes of at least 4 members (excludes halogenated alkanes) is 4. The molecule has 0 bridgehead atoms. The molecule has 0 aliphatic carbocycles. The molecule has 0 rings (SSSR count). The fourth-order valence-corrected chi connectivity index (χ4v) is 2.29. The molecule has 0 aromatic carbocycles. The van der Waals surface area contributed by atoms with E-state index in [1.807, 2.05) is 0 Å². The summed E-state index contributed by atoms with van der Waals surface area (Å²) in [6.07, 6.45) is 9.03. The molecule has 0 radical (unpaired) electrons. The second kappa shape index (κ2) is 10.1. The van der Waals surface area contributed by atoms with E-state index < -0.39 is 0 Å². The van der Waals surface area contributed by atoms with Crippen LogP contribution in [0.15, 0.2) is 0 Å². The van der Waals surface area contributed by atoms with Gasteiger partial charge < -0.3 is 0 Å². The molecule has 0 N–H and O–H groups in total. The van der Waals surface area contributed by atoms with E-state index in [0.29, 0.717) is 0 Å². The fourth-order valence-electron chi connectivity index (χ4n) is 1.19. The van der Waals surface area contributed by atoms with Crippen molar-refractivity contribution >= 4 is 7.92 Å². The number of rotatable bonds is 6. The van der Waals surface area contributed by atoms with Crippen molar-refractivity contribution in [2.45, 2.75) is 52.9 Å². The zero-order valence-corrected chi connectivity index (χ0v) is 10.3. The molecule has 0 heterocycles. The quantitative estimate of drug-likeness (QED) is 0.336. The van der Waals surface area contributed by atoms with Crippen LogP contribution in [0, 0.1) is 11.6 Å². The Labute approximate surface area is 85.3 Å². The molecular formula is C12H23P. The third-order valence-electron chi connectivity index (χ3n) is 2.16. The van der Waals surface area contributed by atoms with E-state index in [9.17, 15) is 0 Å². The van der Waals surface area contributed by atoms with Crippen molar-refractivity contribution in [1.82, 2.24) is 0 Å². The van der Waals surface area contributed by atoms with Gasteiger partial charge >= 0.3 is 0 Å². The van der Waals surface area contributed by atoms with Crippen molar-refractivity contribution in [3.63, 3.8) is 0 Å². The highest BCUT2D eigenvalue weighted by atomic mass is 31.1. The number of hydrogen-bond donors (Lipinski definition) is 0. The summed E-state index contributed by atoms with van der Waals surface area (Å²) in [7, 11) is 0.0582. The van der Waals surface area contributed by atoms with E-state index in [0.717, 1.165) is 6.42 Å². The highest BCUT2D eigenvalue weighted by Crippen LogP contribution is 2.31. The lowest BCUT2D eigenvalue weighted by molar-refractivity contribution is 0.680. The van der Waals surface area contributed by atoms with Gasteiger partial charge in [0.2, 0.25) is 0 Å². The van der Waals surface area contributed by atoms with Crippen LogP contribution >= 0.6 is 7.92 Å². The van der Waals surface area contributed by atoms with E-state index in [2.05, 4.69) is 32.4 Å². The summed E-state index contributed by atoms with van der Waals surface area (Å²) in [5.41, 5.74) is 3.41. The van der Waals surface area contributed by atoms with Crippen LogP contribution in [-0.4, -0.2) is 12.3 Å². The van der Waals surface area contributed by atoms with Gasteiger partial charge in [-0.2, -0.15) is 0 Å². The van der Waals surface area contributed by atoms with Gasteiger partial charge in [0, 0.05) is 6.42 Å². The maximum Gasteiger partial charge on any atom is 0.00921 e. The van der Waals surface area contributed by atoms with Gasteiger partial charge in [0.1, 0.15) is 0 Å². The average molecular weight is 198 g/mol. The Balaban J connectivity index is 3.37. The second-order valence-electron chi connectivity index (χ2n) is 3.27. The minimum absolute atomic E-state index is 0.0582. The summed E-state index contributed by atoms with van der Waals surface area (Å²) in [5.74, 6) is 3.33. The summed E-state index contributed by atoms with van der Waals surface area (Å²) >= 11 is 0. The first-order chi connectivity index (χ1) is 6.35. The summed E-state index contributed by atoms with van der Waals surface area (Å²) in [6.45, 7) is 6.75. The Morgan fingerprint density at radius 2 is 1.62 bits per heavy atom. The van der Waals surface area contributed by atoms with Gasteiger partial charge in [0.05, 0.1) is 0 Å². The molecule has 0 atom stereocenters. The van der Waals surface area contributed by atoms with Crippen molar-refractivity contribution in [3.8, 4) is 11.6 Å². The first-order valence-electron chi connectivity index (χ1n) is 5.58. The lowest BCUT2D eigenvalue weighted by Crippen LogP contribution is -1.78. The van der Waals surface area contributed by atoms with Crippen molar-refractivity contribution in [3.05, 3.63) is 0 Å². The van der Waals surface area contributed by atoms with Crippen LogP contribution in [0.1, 0.15) is 52.9 Å². The molecule has 13 heavy (non-hydrogen) atoms. The molecule has 0 saturated heterocycles. The van der Waals surface area contributed by atoms with Crippen LogP contribution in [0.4, 0.5) is 0 Å². The minimum atomic E-state index is 0.0582. The standard InChI is InChI=1S/C12H23P/c1-4-7-8-9-10-11-12-13(5-2)6-3/h4-10H2,1-3H3. The molecule has 0 aliphatic rings. The maximum atomic E-state index is 3.41. The smallest absolute Gasteiger partial charge is 0.00921 e. The molecule has 0 saturated carbocycles. The second-order valence-corrected chi connectivity index (χ2v) is 5.84. The monoisotopic (exact) mass is 198 g/mol. The van der Waals surface area contributed by atoms with Crippen LogP contribution in [0.3, 0.4) is 0 Å². The zero-order valence-electron chi connectivity index (χ0n) is 9.40. The van der Waals surface area contributed by atoms with Gasteiger partial charge in [0.25, 0.3) is 0 Å². The molecule has 0 nitrogen and oxygen atoms in total. The maximum absolute atomic E-state index is 3.41. The predicted octanol–water partition coefficient (Wildman–Crippen LogP) is 4.44. The van der Waals surface area contributed by atoms with Crippen molar-refractivity contribution in [2.75, 3.05) is 12.3 Å². The van der Waals surface area contributed by atoms with Gasteiger partial charge in [-0.15, -0.1) is 0 Å². The predicted molar refractivity (Wildman–Crippen MR) is 64.5 cm³/mol. The summed E-state index contributed by atoms with van der Waals surface area (Å²) in [5, 5.41) is 0. The minimum Gasteiger partial charge on any atom is -0.0987 e. The number of hydrogen-bond acceptors (Lipinski definition) is 0. The first kappa shape index (κ1) is 13.0. The Morgan fingerprint density at radius 1 is 0.923 bits per heavy atom. The molecule has 0 amide bonds. The molecule has 0 unspecified atom stereocenters. The van der Waals surface area contributed by atoms with Gasteiger partial charge in [0.15, 0.2) is 0 Å². The third kappa shape index (κ3) is 8.32. The van der Waals surface area contributed by atoms with E-state index in [-0.39, 0.29) is 7.92 Å². The molecule has 0 aliphatic heterocycles. The van der Waals surface area contributed by atoms with Gasteiger partial charge in [-0.1, -0.05) is 51.6 Å². The van der Waals surface area contributed by atoms with E-state index in [1.54, 1.807) is 0 Å². The van der Waals surface area contributed by atoms with E-state index in [1.165, 1.54) is 38.0 Å². The van der Waals surface area contributed by atoms with Crippen molar-refractivity contribution in [1.29, 1.82) is 0 Å². The van der Waals surface area contributed by atoms with Crippen molar-refractivity contribution < 1.29 is 0 Å². The van der Waals surface area contributed by atoms with Crippen LogP contribution in [0.2, 0.25) is 0 Å². The Kier molecular flexibility index (Phi) is 10.1. The van der Waals surface area contributed by atoms with Gasteiger partial charge in [-0.3, -0.25) is 0 Å². The van der Waals surface area contributed by atoms with Gasteiger partial charge in [-0.05, 0) is 26.7 Å². The molecule has 0 fully saturated rings. The Bertz CT molecular complexity index is 148. The highest BCUT2D eigenvalue weighted by molar-refractivity contribution is 7.62. The normalized spacial score (nSPS) is 9.85. The largest absolute Gasteiger partial charge is 0.0987 e. The highest BCUT2D eigenvalue weighted by Gasteiger charge is 1.94. The van der Waals surface area contributed by atoms with Crippen LogP contribution in [0.25, 0.3) is 0 Å². The summed E-state index contributed by atoms with van der Waals surface area (Å²) in [4.78, 5) is 0. The van der Waals surface area contributed by atoms with Crippen LogP contribution in [0.5, 0.6) is 0 Å². The Hall–Kier alpha value is -0.0100. The van der Waals surface area contributed by atoms with Crippen LogP contribution < -0.4 is 0 Å². The molecule has 0 aromatic heterocycles. The van der Waals surface area contributed by atoms with Crippen LogP contribution in [-0.2, 0) is 0 Å². The lowest BCUT2D eigenvalue weighted by Gasteiger charge is -2.01. The summed E-state index contributed by atoms with van der Waals surface area (Å²) < 4.78 is 0. The average Bonchev–Trinajstić information content (AvgIpc) is 2.17. The molecular weight excluding hydrogens is 175 g/mol. The van der Waals surface area contributed by atoms with E-state index >= 15 is 0 Å². The zero-order chi connectivity index (χ0) is 9.94. The molecule has 0 spiro atoms. The third-order valence-corrected chi connectivity index (χ3v) is 4.16. The van der Waals surface area contributed by atoms with Crippen molar-refractivity contribution in [2.24, 2.45) is 0 Å². The van der Waals surface area contributed by atoms with E-state index in [4.69, 9.17) is 0 Å². The Morgan fingerprint density at radius 3 is 2.15 bits per heavy atom. The molecule has 1 heteroatoms. The van der Waals surface area contributed by atoms with Gasteiger partial charge in [-0.25, -0.2) is 0 Å². The first-order valence-corrected chi connectivity index (χ1v) is 7.29. The fraction of sp³-hybridized carbons (Fsp3) is 0.833. The lowest BCUT2D eigenvalue weighted by atomic mass is 10.2. The molecule has 0 aromatic rings. The topological polar surface area (TPSA) is 0 Å². The summed E-state index contributed by atoms with van der Waals surface area (Å²) in [6, 6.07) is 0. The molecule has 76 valence electrons.